The van der Waals surface area contributed by atoms with Crippen LogP contribution in [0.5, 0.6) is 0 Å². The zero-order valence-corrected chi connectivity index (χ0v) is 16.3. The van der Waals surface area contributed by atoms with Crippen LogP contribution in [-0.4, -0.2) is 42.6 Å². The van der Waals surface area contributed by atoms with Gasteiger partial charge in [0, 0.05) is 38.8 Å². The second-order valence-corrected chi connectivity index (χ2v) is 7.52. The number of aromatic nitrogens is 1. The van der Waals surface area contributed by atoms with Crippen molar-refractivity contribution in [1.82, 2.24) is 9.88 Å². The lowest BCUT2D eigenvalue weighted by molar-refractivity contribution is 0.0583. The molecule has 0 unspecified atom stereocenters. The van der Waals surface area contributed by atoms with Gasteiger partial charge >= 0.3 is 0 Å². The molecule has 1 aliphatic rings. The van der Waals surface area contributed by atoms with Crippen molar-refractivity contribution in [2.24, 2.45) is 5.92 Å². The van der Waals surface area contributed by atoms with Gasteiger partial charge in [0.15, 0.2) is 11.5 Å². The molecule has 1 aromatic heterocycles. The zero-order valence-electron chi connectivity index (χ0n) is 16.3. The van der Waals surface area contributed by atoms with Crippen molar-refractivity contribution in [3.8, 4) is 0 Å². The fraction of sp³-hybridized carbons (Fsp3) is 0.391. The van der Waals surface area contributed by atoms with Crippen LogP contribution in [0.15, 0.2) is 52.9 Å². The van der Waals surface area contributed by atoms with Gasteiger partial charge in [-0.3, -0.25) is 4.79 Å². The molecular formula is C23H26N2O3. The highest BCUT2D eigenvalue weighted by atomic mass is 16.5. The first-order chi connectivity index (χ1) is 13.7. The number of ether oxygens (including phenoxy) is 1. The number of amides is 1. The number of carbonyl (C=O) groups excluding carboxylic acids is 1. The van der Waals surface area contributed by atoms with Gasteiger partial charge in [-0.1, -0.05) is 30.3 Å². The van der Waals surface area contributed by atoms with Gasteiger partial charge in [-0.2, -0.15) is 0 Å². The standard InChI is InChI=1S/C23H26N2O3/c1-25(12-9-17-10-13-27-14-11-17)23(26)19-7-8-21-20(16-19)24-22(28-21)15-18-5-3-2-4-6-18/h2-8,16-17H,9-15H2,1H3. The number of benzene rings is 2. The van der Waals surface area contributed by atoms with Crippen molar-refractivity contribution >= 4 is 17.0 Å². The number of carbonyl (C=O) groups is 1. The zero-order chi connectivity index (χ0) is 19.3. The molecule has 0 saturated carbocycles. The topological polar surface area (TPSA) is 55.6 Å². The van der Waals surface area contributed by atoms with E-state index in [0.29, 0.717) is 29.4 Å². The highest BCUT2D eigenvalue weighted by molar-refractivity contribution is 5.97. The fourth-order valence-electron chi connectivity index (χ4n) is 3.69. The number of rotatable bonds is 6. The summed E-state index contributed by atoms with van der Waals surface area (Å²) in [6, 6.07) is 15.6. The summed E-state index contributed by atoms with van der Waals surface area (Å²) in [4.78, 5) is 19.2. The van der Waals surface area contributed by atoms with Crippen molar-refractivity contribution in [1.29, 1.82) is 0 Å². The van der Waals surface area contributed by atoms with Gasteiger partial charge in [-0.05, 0) is 48.9 Å². The molecule has 1 amide bonds. The van der Waals surface area contributed by atoms with Gasteiger partial charge in [-0.25, -0.2) is 4.98 Å². The van der Waals surface area contributed by atoms with Gasteiger partial charge < -0.3 is 14.1 Å². The van der Waals surface area contributed by atoms with E-state index in [0.717, 1.165) is 50.1 Å². The molecule has 3 aromatic rings. The third-order valence-electron chi connectivity index (χ3n) is 5.44. The van der Waals surface area contributed by atoms with Crippen LogP contribution < -0.4 is 0 Å². The van der Waals surface area contributed by atoms with Crippen LogP contribution in [0.4, 0.5) is 0 Å². The minimum Gasteiger partial charge on any atom is -0.440 e. The van der Waals surface area contributed by atoms with Crippen molar-refractivity contribution in [3.05, 3.63) is 65.5 Å². The quantitative estimate of drug-likeness (QED) is 0.641. The predicted octanol–water partition coefficient (Wildman–Crippen LogP) is 4.31. The monoisotopic (exact) mass is 378 g/mol. The van der Waals surface area contributed by atoms with E-state index < -0.39 is 0 Å². The molecule has 1 saturated heterocycles. The Kier molecular flexibility index (Phi) is 5.72. The molecule has 2 aromatic carbocycles. The minimum atomic E-state index is 0.0292. The molecule has 0 bridgehead atoms. The smallest absolute Gasteiger partial charge is 0.253 e. The molecule has 146 valence electrons. The molecular weight excluding hydrogens is 352 g/mol. The maximum Gasteiger partial charge on any atom is 0.253 e. The van der Waals surface area contributed by atoms with E-state index in [2.05, 4.69) is 17.1 Å². The van der Waals surface area contributed by atoms with E-state index in [4.69, 9.17) is 9.15 Å². The van der Waals surface area contributed by atoms with Gasteiger partial charge in [0.2, 0.25) is 0 Å². The maximum atomic E-state index is 12.8. The number of nitrogens with zero attached hydrogens (tertiary/aromatic N) is 2. The van der Waals surface area contributed by atoms with E-state index in [1.54, 1.807) is 0 Å². The Balaban J connectivity index is 1.42. The van der Waals surface area contributed by atoms with Crippen LogP contribution in [0.25, 0.3) is 11.1 Å². The van der Waals surface area contributed by atoms with Crippen molar-refractivity contribution in [3.63, 3.8) is 0 Å². The van der Waals surface area contributed by atoms with E-state index in [1.807, 2.05) is 48.3 Å². The fourth-order valence-corrected chi connectivity index (χ4v) is 3.69. The minimum absolute atomic E-state index is 0.0292. The summed E-state index contributed by atoms with van der Waals surface area (Å²) in [5, 5.41) is 0. The van der Waals surface area contributed by atoms with Crippen LogP contribution in [0, 0.1) is 5.92 Å². The molecule has 1 fully saturated rings. The summed E-state index contributed by atoms with van der Waals surface area (Å²) < 4.78 is 11.3. The van der Waals surface area contributed by atoms with Crippen molar-refractivity contribution in [2.75, 3.05) is 26.8 Å². The summed E-state index contributed by atoms with van der Waals surface area (Å²) in [6.45, 7) is 2.45. The molecule has 5 heteroatoms. The van der Waals surface area contributed by atoms with Crippen molar-refractivity contribution < 1.29 is 13.9 Å². The lowest BCUT2D eigenvalue weighted by atomic mass is 9.96. The van der Waals surface area contributed by atoms with Crippen LogP contribution >= 0.6 is 0 Å². The van der Waals surface area contributed by atoms with Gasteiger partial charge in [-0.15, -0.1) is 0 Å². The Morgan fingerprint density at radius 1 is 1.14 bits per heavy atom. The van der Waals surface area contributed by atoms with Crippen LogP contribution in [0.1, 0.15) is 41.1 Å². The molecule has 0 aliphatic carbocycles. The van der Waals surface area contributed by atoms with E-state index in [9.17, 15) is 4.79 Å². The second kappa shape index (κ2) is 8.57. The largest absolute Gasteiger partial charge is 0.440 e. The van der Waals surface area contributed by atoms with Gasteiger partial charge in [0.05, 0.1) is 0 Å². The first-order valence-electron chi connectivity index (χ1n) is 9.95. The highest BCUT2D eigenvalue weighted by Gasteiger charge is 2.18. The Labute approximate surface area is 165 Å². The van der Waals surface area contributed by atoms with E-state index >= 15 is 0 Å². The first kappa shape index (κ1) is 18.7. The first-order valence-corrected chi connectivity index (χ1v) is 9.95. The summed E-state index contributed by atoms with van der Waals surface area (Å²) in [6.07, 6.45) is 3.86. The molecule has 4 rings (SSSR count). The third-order valence-corrected chi connectivity index (χ3v) is 5.44. The number of fused-ring (bicyclic) bond motifs is 1. The van der Waals surface area contributed by atoms with Crippen molar-refractivity contribution in [2.45, 2.75) is 25.7 Å². The number of hydrogen-bond acceptors (Lipinski definition) is 4. The molecule has 0 spiro atoms. The van der Waals surface area contributed by atoms with E-state index in [-0.39, 0.29) is 5.91 Å². The molecule has 0 radical (unpaired) electrons. The molecule has 5 nitrogen and oxygen atoms in total. The number of hydrogen-bond donors (Lipinski definition) is 0. The lowest BCUT2D eigenvalue weighted by Crippen LogP contribution is -2.30. The van der Waals surface area contributed by atoms with Crippen LogP contribution in [0.3, 0.4) is 0 Å². The Hall–Kier alpha value is -2.66. The molecule has 0 atom stereocenters. The van der Waals surface area contributed by atoms with Crippen LogP contribution in [0.2, 0.25) is 0 Å². The predicted molar refractivity (Wildman–Crippen MR) is 108 cm³/mol. The Morgan fingerprint density at radius 3 is 2.71 bits per heavy atom. The summed E-state index contributed by atoms with van der Waals surface area (Å²) in [7, 11) is 1.87. The van der Waals surface area contributed by atoms with Gasteiger partial charge in [0.25, 0.3) is 5.91 Å². The Bertz CT molecular complexity index is 929. The number of oxazole rings is 1. The average molecular weight is 378 g/mol. The highest BCUT2D eigenvalue weighted by Crippen LogP contribution is 2.21. The lowest BCUT2D eigenvalue weighted by Gasteiger charge is -2.25. The SMILES string of the molecule is CN(CCC1CCOCC1)C(=O)c1ccc2oc(Cc3ccccc3)nc2c1. The Morgan fingerprint density at radius 2 is 1.93 bits per heavy atom. The van der Waals surface area contributed by atoms with Crippen LogP contribution in [-0.2, 0) is 11.2 Å². The molecule has 0 N–H and O–H groups in total. The molecule has 28 heavy (non-hydrogen) atoms. The summed E-state index contributed by atoms with van der Waals surface area (Å²) in [5.74, 6) is 1.35. The second-order valence-electron chi connectivity index (χ2n) is 7.52. The van der Waals surface area contributed by atoms with Gasteiger partial charge in [0.1, 0.15) is 5.52 Å². The third kappa shape index (κ3) is 4.42. The maximum absolute atomic E-state index is 12.8. The van der Waals surface area contributed by atoms with E-state index in [1.165, 1.54) is 0 Å². The summed E-state index contributed by atoms with van der Waals surface area (Å²) >= 11 is 0. The molecule has 1 aliphatic heterocycles. The average Bonchev–Trinajstić information content (AvgIpc) is 3.14. The molecule has 2 heterocycles. The normalized spacial score (nSPS) is 15.0. The summed E-state index contributed by atoms with van der Waals surface area (Å²) in [5.41, 5.74) is 3.25.